The molecule has 0 saturated heterocycles. The normalized spacial score (nSPS) is 10.7. The number of carbonyl (C=O) groups is 2. The summed E-state index contributed by atoms with van der Waals surface area (Å²) in [7, 11) is 0. The Morgan fingerprint density at radius 1 is 1.50 bits per heavy atom. The van der Waals surface area contributed by atoms with E-state index in [9.17, 15) is 9.59 Å². The molecule has 0 spiro atoms. The Morgan fingerprint density at radius 3 is 1.92 bits per heavy atom. The molecule has 12 heavy (non-hydrogen) atoms. The molecule has 0 bridgehead atoms. The molecule has 1 atom stereocenters. The summed E-state index contributed by atoms with van der Waals surface area (Å²) in [6.45, 7) is 4.69. The number of amides is 2. The van der Waals surface area contributed by atoms with Crippen LogP contribution in [0.3, 0.4) is 0 Å². The number of primary amides is 1. The van der Waals surface area contributed by atoms with E-state index in [0.29, 0.717) is 6.54 Å². The van der Waals surface area contributed by atoms with E-state index in [1.165, 1.54) is 13.8 Å². The predicted octanol–water partition coefficient (Wildman–Crippen LogP) is -1.01. The van der Waals surface area contributed by atoms with Gasteiger partial charge in [-0.3, -0.25) is 9.59 Å². The Balaban J connectivity index is 0. The largest absolute Gasteiger partial charge is 0.392 e. The Bertz CT molecular complexity index is 142. The summed E-state index contributed by atoms with van der Waals surface area (Å²) in [5, 5.41) is 11.0. The highest BCUT2D eigenvalue weighted by Gasteiger charge is 1.93. The highest BCUT2D eigenvalue weighted by atomic mass is 16.3. The van der Waals surface area contributed by atoms with Gasteiger partial charge < -0.3 is 16.2 Å². The lowest BCUT2D eigenvalue weighted by Gasteiger charge is -2.02. The first-order chi connectivity index (χ1) is 5.36. The molecular weight excluding hydrogens is 160 g/mol. The summed E-state index contributed by atoms with van der Waals surface area (Å²) < 4.78 is 0. The summed E-state index contributed by atoms with van der Waals surface area (Å²) in [6.07, 6.45) is -0.445. The van der Waals surface area contributed by atoms with Gasteiger partial charge in [0.25, 0.3) is 0 Å². The quantitative estimate of drug-likeness (QED) is 0.503. The lowest BCUT2D eigenvalue weighted by Crippen LogP contribution is -2.28. The molecule has 0 aliphatic heterocycles. The van der Waals surface area contributed by atoms with Crippen LogP contribution < -0.4 is 11.1 Å². The molecule has 0 fully saturated rings. The molecule has 72 valence electrons. The van der Waals surface area contributed by atoms with Crippen molar-refractivity contribution in [2.24, 2.45) is 5.73 Å². The van der Waals surface area contributed by atoms with E-state index in [2.05, 4.69) is 11.1 Å². The monoisotopic (exact) mass is 176 g/mol. The topological polar surface area (TPSA) is 92.4 Å². The molecule has 5 nitrogen and oxygen atoms in total. The van der Waals surface area contributed by atoms with Crippen LogP contribution in [0, 0.1) is 0 Å². The van der Waals surface area contributed by atoms with E-state index in [-0.39, 0.29) is 11.8 Å². The first kappa shape index (κ1) is 13.5. The van der Waals surface area contributed by atoms with Crippen molar-refractivity contribution in [1.29, 1.82) is 0 Å². The Kier molecular flexibility index (Phi) is 8.99. The SMILES string of the molecule is CC(=O)NCC(C)O.CC(N)=O. The van der Waals surface area contributed by atoms with Gasteiger partial charge in [-0.05, 0) is 6.92 Å². The van der Waals surface area contributed by atoms with Gasteiger partial charge >= 0.3 is 0 Å². The maximum Gasteiger partial charge on any atom is 0.216 e. The van der Waals surface area contributed by atoms with Crippen molar-refractivity contribution in [2.75, 3.05) is 6.54 Å². The van der Waals surface area contributed by atoms with Crippen molar-refractivity contribution in [3.8, 4) is 0 Å². The Labute approximate surface area is 71.9 Å². The molecule has 0 radical (unpaired) electrons. The molecule has 1 unspecified atom stereocenters. The lowest BCUT2D eigenvalue weighted by atomic mass is 10.4. The van der Waals surface area contributed by atoms with Crippen LogP contribution in [-0.2, 0) is 9.59 Å². The first-order valence-corrected chi connectivity index (χ1v) is 3.54. The van der Waals surface area contributed by atoms with Crippen LogP contribution in [-0.4, -0.2) is 29.6 Å². The fraction of sp³-hybridized carbons (Fsp3) is 0.714. The van der Waals surface area contributed by atoms with Gasteiger partial charge in [0.15, 0.2) is 0 Å². The highest BCUT2D eigenvalue weighted by molar-refractivity contribution is 5.72. The van der Waals surface area contributed by atoms with Gasteiger partial charge in [-0.15, -0.1) is 0 Å². The molecule has 4 N–H and O–H groups in total. The van der Waals surface area contributed by atoms with Crippen LogP contribution in [0.2, 0.25) is 0 Å². The summed E-state index contributed by atoms with van der Waals surface area (Å²) in [5.74, 6) is -0.439. The number of nitrogens with two attached hydrogens (primary N) is 1. The van der Waals surface area contributed by atoms with Crippen LogP contribution in [0.5, 0.6) is 0 Å². The van der Waals surface area contributed by atoms with Gasteiger partial charge in [0.2, 0.25) is 11.8 Å². The van der Waals surface area contributed by atoms with Crippen molar-refractivity contribution in [1.82, 2.24) is 5.32 Å². The second-order valence-corrected chi connectivity index (χ2v) is 2.40. The van der Waals surface area contributed by atoms with E-state index in [1.807, 2.05) is 0 Å². The summed E-state index contributed by atoms with van der Waals surface area (Å²) in [4.78, 5) is 19.3. The maximum atomic E-state index is 10.1. The van der Waals surface area contributed by atoms with Gasteiger partial charge in [0, 0.05) is 20.4 Å². The lowest BCUT2D eigenvalue weighted by molar-refractivity contribution is -0.119. The number of hydrogen-bond donors (Lipinski definition) is 3. The van der Waals surface area contributed by atoms with Gasteiger partial charge in [0.05, 0.1) is 6.10 Å². The van der Waals surface area contributed by atoms with Crippen LogP contribution in [0.1, 0.15) is 20.8 Å². The Morgan fingerprint density at radius 2 is 1.83 bits per heavy atom. The second kappa shape index (κ2) is 8.00. The van der Waals surface area contributed by atoms with Crippen molar-refractivity contribution >= 4 is 11.8 Å². The number of aliphatic hydroxyl groups is 1. The van der Waals surface area contributed by atoms with Gasteiger partial charge in [-0.2, -0.15) is 0 Å². The third-order valence-corrected chi connectivity index (χ3v) is 0.646. The third-order valence-electron chi connectivity index (χ3n) is 0.646. The number of nitrogens with one attached hydrogen (secondary N) is 1. The van der Waals surface area contributed by atoms with Crippen molar-refractivity contribution in [3.63, 3.8) is 0 Å². The van der Waals surface area contributed by atoms with E-state index in [1.54, 1.807) is 6.92 Å². The molecule has 0 aliphatic carbocycles. The van der Waals surface area contributed by atoms with Gasteiger partial charge in [-0.1, -0.05) is 0 Å². The Hall–Kier alpha value is -1.10. The first-order valence-electron chi connectivity index (χ1n) is 3.54. The minimum absolute atomic E-state index is 0.106. The predicted molar refractivity (Wildman–Crippen MR) is 45.2 cm³/mol. The number of carbonyl (C=O) groups excluding carboxylic acids is 2. The number of rotatable bonds is 2. The second-order valence-electron chi connectivity index (χ2n) is 2.40. The molecule has 0 saturated carbocycles. The van der Waals surface area contributed by atoms with E-state index in [0.717, 1.165) is 0 Å². The van der Waals surface area contributed by atoms with Crippen molar-refractivity contribution in [2.45, 2.75) is 26.9 Å². The minimum atomic E-state index is -0.445. The number of aliphatic hydroxyl groups excluding tert-OH is 1. The van der Waals surface area contributed by atoms with E-state index >= 15 is 0 Å². The summed E-state index contributed by atoms with van der Waals surface area (Å²) in [5.41, 5.74) is 4.47. The smallest absolute Gasteiger partial charge is 0.216 e. The molecule has 0 aliphatic rings. The van der Waals surface area contributed by atoms with E-state index < -0.39 is 6.10 Å². The third kappa shape index (κ3) is 36.5. The number of hydrogen-bond acceptors (Lipinski definition) is 3. The zero-order valence-corrected chi connectivity index (χ0v) is 7.63. The fourth-order valence-electron chi connectivity index (χ4n) is 0.291. The maximum absolute atomic E-state index is 10.1. The molecule has 0 aromatic heterocycles. The molecule has 0 heterocycles. The highest BCUT2D eigenvalue weighted by Crippen LogP contribution is 1.72. The average Bonchev–Trinajstić information content (AvgIpc) is 1.82. The summed E-state index contributed by atoms with van der Waals surface area (Å²) >= 11 is 0. The summed E-state index contributed by atoms with van der Waals surface area (Å²) in [6, 6.07) is 0. The van der Waals surface area contributed by atoms with Crippen LogP contribution in [0.15, 0.2) is 0 Å². The molecule has 5 heteroatoms. The molecular formula is C7H16N2O3. The van der Waals surface area contributed by atoms with Crippen LogP contribution in [0.4, 0.5) is 0 Å². The van der Waals surface area contributed by atoms with Gasteiger partial charge in [0.1, 0.15) is 0 Å². The van der Waals surface area contributed by atoms with E-state index in [4.69, 9.17) is 5.11 Å². The van der Waals surface area contributed by atoms with Crippen molar-refractivity contribution in [3.05, 3.63) is 0 Å². The average molecular weight is 176 g/mol. The van der Waals surface area contributed by atoms with Crippen LogP contribution >= 0.6 is 0 Å². The zero-order valence-electron chi connectivity index (χ0n) is 7.63. The van der Waals surface area contributed by atoms with Crippen LogP contribution in [0.25, 0.3) is 0 Å². The molecule has 0 aromatic carbocycles. The minimum Gasteiger partial charge on any atom is -0.392 e. The fourth-order valence-corrected chi connectivity index (χ4v) is 0.291. The molecule has 2 amide bonds. The van der Waals surface area contributed by atoms with Crippen molar-refractivity contribution < 1.29 is 14.7 Å². The van der Waals surface area contributed by atoms with Gasteiger partial charge in [-0.25, -0.2) is 0 Å². The standard InChI is InChI=1S/C5H11NO2.C2H5NO/c1-4(7)3-6-5(2)8;1-2(3)4/h4,7H,3H2,1-2H3,(H,6,8);1H3,(H2,3,4). The molecule has 0 rings (SSSR count). The zero-order chi connectivity index (χ0) is 10.1. The molecule has 0 aromatic rings.